The molecule has 5 heteroatoms. The van der Waals surface area contributed by atoms with Crippen LogP contribution in [0.3, 0.4) is 0 Å². The Labute approximate surface area is 180 Å². The molecule has 0 atom stereocenters. The maximum absolute atomic E-state index is 13.3. The average Bonchev–Trinajstić information content (AvgIpc) is 3.23. The Bertz CT molecular complexity index is 1370. The van der Waals surface area contributed by atoms with Gasteiger partial charge in [0, 0.05) is 17.3 Å². The normalized spacial score (nSPS) is 13.5. The van der Waals surface area contributed by atoms with E-state index in [9.17, 15) is 9.59 Å². The summed E-state index contributed by atoms with van der Waals surface area (Å²) in [4.78, 5) is 27.7. The molecule has 5 rings (SSSR count). The molecule has 0 unspecified atom stereocenters. The zero-order valence-electron chi connectivity index (χ0n) is 17.9. The highest BCUT2D eigenvalue weighted by Crippen LogP contribution is 2.37. The maximum atomic E-state index is 13.3. The second-order valence-electron chi connectivity index (χ2n) is 8.05. The summed E-state index contributed by atoms with van der Waals surface area (Å²) in [5.41, 5.74) is 4.83. The number of amides is 2. The lowest BCUT2D eigenvalue weighted by atomic mass is 10.1. The van der Waals surface area contributed by atoms with Gasteiger partial charge in [0.25, 0.3) is 11.8 Å². The number of carbonyl (C=O) groups excluding carboxylic acids is 2. The summed E-state index contributed by atoms with van der Waals surface area (Å²) >= 11 is 0. The van der Waals surface area contributed by atoms with Crippen LogP contribution in [0.1, 0.15) is 46.0 Å². The predicted octanol–water partition coefficient (Wildman–Crippen LogP) is 5.50. The van der Waals surface area contributed by atoms with E-state index < -0.39 is 0 Å². The third-order valence-electron chi connectivity index (χ3n) is 6.08. The van der Waals surface area contributed by atoms with Crippen molar-refractivity contribution in [2.75, 3.05) is 13.7 Å². The largest absolute Gasteiger partial charge is 0.497 e. The van der Waals surface area contributed by atoms with Crippen molar-refractivity contribution in [3.63, 3.8) is 0 Å². The molecule has 1 aliphatic rings. The summed E-state index contributed by atoms with van der Waals surface area (Å²) in [6.45, 7) is 4.57. The second-order valence-corrected chi connectivity index (χ2v) is 8.05. The van der Waals surface area contributed by atoms with E-state index in [2.05, 4.69) is 36.6 Å². The van der Waals surface area contributed by atoms with Gasteiger partial charge in [0.15, 0.2) is 0 Å². The number of ether oxygens (including phenoxy) is 1. The van der Waals surface area contributed by atoms with Crippen LogP contribution in [-0.4, -0.2) is 34.9 Å². The van der Waals surface area contributed by atoms with Crippen LogP contribution in [0.5, 0.6) is 5.75 Å². The third-order valence-corrected chi connectivity index (χ3v) is 6.08. The van der Waals surface area contributed by atoms with Crippen LogP contribution in [0.25, 0.3) is 27.5 Å². The highest BCUT2D eigenvalue weighted by molar-refractivity contribution is 6.23. The van der Waals surface area contributed by atoms with Crippen LogP contribution in [0.15, 0.2) is 54.6 Å². The van der Waals surface area contributed by atoms with Crippen LogP contribution in [0.2, 0.25) is 0 Å². The number of imide groups is 1. The Hall–Kier alpha value is -3.60. The molecular formula is C26H24N2O3. The van der Waals surface area contributed by atoms with Gasteiger partial charge in [0.2, 0.25) is 0 Å². The van der Waals surface area contributed by atoms with Crippen LogP contribution >= 0.6 is 0 Å². The Kier molecular flexibility index (Phi) is 4.54. The molecule has 5 nitrogen and oxygen atoms in total. The molecule has 3 aromatic carbocycles. The number of hydrogen-bond acceptors (Lipinski definition) is 3. The summed E-state index contributed by atoms with van der Waals surface area (Å²) in [6, 6.07) is 17.8. The van der Waals surface area contributed by atoms with Gasteiger partial charge in [-0.05, 0) is 55.8 Å². The van der Waals surface area contributed by atoms with Crippen molar-refractivity contribution in [1.82, 2.24) is 9.47 Å². The molecule has 2 amide bonds. The Morgan fingerprint density at radius 3 is 2.39 bits per heavy atom. The SMILES string of the molecule is CCCCN1C(=O)c2cccc(-n3c4ccc(C)cc4c4cc(OC)ccc43)c2C1=O. The number of benzene rings is 3. The van der Waals surface area contributed by atoms with Crippen molar-refractivity contribution >= 4 is 33.6 Å². The summed E-state index contributed by atoms with van der Waals surface area (Å²) in [5, 5.41) is 2.14. The van der Waals surface area contributed by atoms with E-state index in [1.54, 1.807) is 13.2 Å². The van der Waals surface area contributed by atoms with Gasteiger partial charge in [-0.15, -0.1) is 0 Å². The summed E-state index contributed by atoms with van der Waals surface area (Å²) < 4.78 is 7.55. The molecule has 0 spiro atoms. The van der Waals surface area contributed by atoms with Crippen LogP contribution in [0, 0.1) is 6.92 Å². The Morgan fingerprint density at radius 2 is 1.65 bits per heavy atom. The summed E-state index contributed by atoms with van der Waals surface area (Å²) in [6.07, 6.45) is 1.73. The van der Waals surface area contributed by atoms with Crippen molar-refractivity contribution < 1.29 is 14.3 Å². The number of aryl methyl sites for hydroxylation is 1. The van der Waals surface area contributed by atoms with Gasteiger partial charge in [0.1, 0.15) is 5.75 Å². The standard InChI is InChI=1S/C26H24N2O3/c1-4-5-13-27-25(29)18-7-6-8-23(24(18)26(27)30)28-21-11-9-16(2)14-19(21)20-15-17(31-3)10-12-22(20)28/h6-12,14-15H,4-5,13H2,1-3H3. The van der Waals surface area contributed by atoms with Crippen molar-refractivity contribution in [2.24, 2.45) is 0 Å². The van der Waals surface area contributed by atoms with Gasteiger partial charge in [-0.2, -0.15) is 0 Å². The Balaban J connectivity index is 1.81. The van der Waals surface area contributed by atoms with Gasteiger partial charge in [-0.3, -0.25) is 14.5 Å². The molecule has 4 aromatic rings. The first-order chi connectivity index (χ1) is 15.0. The molecule has 0 bridgehead atoms. The minimum Gasteiger partial charge on any atom is -0.497 e. The monoisotopic (exact) mass is 412 g/mol. The number of unbranched alkanes of at least 4 members (excludes halogenated alkanes) is 1. The molecule has 0 N–H and O–H groups in total. The lowest BCUT2D eigenvalue weighted by molar-refractivity contribution is 0.0652. The van der Waals surface area contributed by atoms with E-state index >= 15 is 0 Å². The molecule has 0 saturated carbocycles. The van der Waals surface area contributed by atoms with Crippen LogP contribution in [-0.2, 0) is 0 Å². The molecule has 156 valence electrons. The van der Waals surface area contributed by atoms with Gasteiger partial charge < -0.3 is 9.30 Å². The molecule has 0 fully saturated rings. The molecule has 0 aliphatic carbocycles. The second kappa shape index (κ2) is 7.27. The molecule has 0 radical (unpaired) electrons. The van der Waals surface area contributed by atoms with Gasteiger partial charge in [-0.1, -0.05) is 31.0 Å². The minimum absolute atomic E-state index is 0.200. The molecule has 1 aliphatic heterocycles. The summed E-state index contributed by atoms with van der Waals surface area (Å²) in [7, 11) is 1.66. The molecule has 31 heavy (non-hydrogen) atoms. The number of fused-ring (bicyclic) bond motifs is 4. The van der Waals surface area contributed by atoms with Crippen molar-refractivity contribution in [1.29, 1.82) is 0 Å². The average molecular weight is 412 g/mol. The van der Waals surface area contributed by atoms with Crippen LogP contribution in [0.4, 0.5) is 0 Å². The quantitative estimate of drug-likeness (QED) is 0.407. The zero-order valence-corrected chi connectivity index (χ0v) is 17.9. The van der Waals surface area contributed by atoms with E-state index in [1.165, 1.54) is 4.90 Å². The fraction of sp³-hybridized carbons (Fsp3) is 0.231. The van der Waals surface area contributed by atoms with Crippen molar-refractivity contribution in [2.45, 2.75) is 26.7 Å². The van der Waals surface area contributed by atoms with E-state index in [0.29, 0.717) is 17.7 Å². The summed E-state index contributed by atoms with van der Waals surface area (Å²) in [5.74, 6) is 0.372. The van der Waals surface area contributed by atoms with E-state index in [-0.39, 0.29) is 11.8 Å². The first kappa shape index (κ1) is 19.4. The Morgan fingerprint density at radius 1 is 0.903 bits per heavy atom. The maximum Gasteiger partial charge on any atom is 0.263 e. The first-order valence-corrected chi connectivity index (χ1v) is 10.6. The number of rotatable bonds is 5. The highest BCUT2D eigenvalue weighted by Gasteiger charge is 2.37. The number of hydrogen-bond donors (Lipinski definition) is 0. The molecule has 1 aromatic heterocycles. The third kappa shape index (κ3) is 2.84. The number of methoxy groups -OCH3 is 1. The lowest BCUT2D eigenvalue weighted by Crippen LogP contribution is -2.30. The number of nitrogens with zero attached hydrogens (tertiary/aromatic N) is 2. The lowest BCUT2D eigenvalue weighted by Gasteiger charge is -2.14. The van der Waals surface area contributed by atoms with Crippen molar-refractivity contribution in [3.05, 3.63) is 71.3 Å². The molecule has 2 heterocycles. The van der Waals surface area contributed by atoms with E-state index in [0.717, 1.165) is 51.6 Å². The first-order valence-electron chi connectivity index (χ1n) is 10.6. The van der Waals surface area contributed by atoms with E-state index in [1.807, 2.05) is 30.3 Å². The minimum atomic E-state index is -0.209. The van der Waals surface area contributed by atoms with E-state index in [4.69, 9.17) is 4.74 Å². The topological polar surface area (TPSA) is 51.5 Å². The highest BCUT2D eigenvalue weighted by atomic mass is 16.5. The smallest absolute Gasteiger partial charge is 0.263 e. The van der Waals surface area contributed by atoms with Crippen LogP contribution < -0.4 is 4.74 Å². The predicted molar refractivity (Wildman–Crippen MR) is 122 cm³/mol. The molecule has 0 saturated heterocycles. The molecular weight excluding hydrogens is 388 g/mol. The van der Waals surface area contributed by atoms with Gasteiger partial charge in [0.05, 0.1) is 35.0 Å². The number of aromatic nitrogens is 1. The fourth-order valence-corrected chi connectivity index (χ4v) is 4.52. The van der Waals surface area contributed by atoms with Crippen molar-refractivity contribution in [3.8, 4) is 11.4 Å². The fourth-order valence-electron chi connectivity index (χ4n) is 4.52. The van der Waals surface area contributed by atoms with Gasteiger partial charge >= 0.3 is 0 Å². The number of carbonyl (C=O) groups is 2. The van der Waals surface area contributed by atoms with Gasteiger partial charge in [-0.25, -0.2) is 0 Å². The zero-order chi connectivity index (χ0) is 21.7.